The van der Waals surface area contributed by atoms with Crippen molar-refractivity contribution in [1.82, 2.24) is 15.0 Å². The largest absolute Gasteiger partial charge is 0.248 e. The molecule has 3 nitrogen and oxygen atoms in total. The summed E-state index contributed by atoms with van der Waals surface area (Å²) in [6.45, 7) is 12.4. The van der Waals surface area contributed by atoms with Crippen LogP contribution in [0.2, 0.25) is 0 Å². The zero-order valence-electron chi connectivity index (χ0n) is 18.2. The van der Waals surface area contributed by atoms with Crippen LogP contribution in [0, 0.1) is 6.92 Å². The molecule has 0 unspecified atom stereocenters. The van der Waals surface area contributed by atoms with Crippen LogP contribution in [-0.4, -0.2) is 15.0 Å². The zero-order chi connectivity index (χ0) is 20.6. The third kappa shape index (κ3) is 4.05. The quantitative estimate of drug-likeness (QED) is 0.504. The molecule has 1 aromatic heterocycles. The van der Waals surface area contributed by atoms with E-state index in [1.54, 1.807) is 6.20 Å². The average Bonchev–Trinajstić information content (AvgIpc) is 3.18. The molecule has 0 spiro atoms. The molecule has 1 aliphatic rings. The van der Waals surface area contributed by atoms with Crippen molar-refractivity contribution in [3.8, 4) is 0 Å². The van der Waals surface area contributed by atoms with Crippen LogP contribution in [0.1, 0.15) is 73.9 Å². The normalized spacial score (nSPS) is 17.4. The predicted molar refractivity (Wildman–Crippen MR) is 121 cm³/mol. The molecule has 0 saturated carbocycles. The van der Waals surface area contributed by atoms with E-state index in [1.165, 1.54) is 46.2 Å². The van der Waals surface area contributed by atoms with Crippen molar-refractivity contribution < 1.29 is 0 Å². The maximum atomic E-state index is 4.20. The van der Waals surface area contributed by atoms with E-state index in [4.69, 9.17) is 0 Å². The maximum absolute atomic E-state index is 4.20. The molecule has 3 heteroatoms. The Hall–Kier alpha value is -2.68. The van der Waals surface area contributed by atoms with Gasteiger partial charge in [-0.1, -0.05) is 87.0 Å². The third-order valence-corrected chi connectivity index (χ3v) is 6.45. The van der Waals surface area contributed by atoms with Crippen LogP contribution in [-0.2, 0) is 17.4 Å². The number of rotatable bonds is 4. The maximum Gasteiger partial charge on any atom is 0.0693 e. The van der Waals surface area contributed by atoms with Crippen molar-refractivity contribution in [3.05, 3.63) is 82.2 Å². The summed E-state index contributed by atoms with van der Waals surface area (Å²) in [5.74, 6) is 0. The lowest BCUT2D eigenvalue weighted by atomic mass is 9.62. The number of nitrogens with zero attached hydrogens (tertiary/aromatic N) is 3. The van der Waals surface area contributed by atoms with Crippen LogP contribution >= 0.6 is 0 Å². The topological polar surface area (TPSA) is 30.7 Å². The van der Waals surface area contributed by atoms with Gasteiger partial charge in [-0.15, -0.1) is 5.10 Å². The van der Waals surface area contributed by atoms with Crippen molar-refractivity contribution in [3.63, 3.8) is 0 Å². The van der Waals surface area contributed by atoms with Crippen LogP contribution in [0.3, 0.4) is 0 Å². The van der Waals surface area contributed by atoms with E-state index in [0.29, 0.717) is 0 Å². The highest BCUT2D eigenvalue weighted by molar-refractivity contribution is 5.72. The molecule has 1 aliphatic carbocycles. The van der Waals surface area contributed by atoms with Crippen molar-refractivity contribution in [1.29, 1.82) is 0 Å². The molecule has 0 saturated heterocycles. The standard InChI is InChI=1S/C26H31N3/c1-19-6-8-20(9-7-19)10-11-21-16-23-24(26(4,5)13-12-25(23,2)3)17-22(21)18-29-15-14-27-28-29/h6-11,14-17H,12-13,18H2,1-5H3/b11-10+. The minimum atomic E-state index is 0.196. The molecule has 0 bridgehead atoms. The minimum Gasteiger partial charge on any atom is -0.248 e. The molecule has 0 N–H and O–H groups in total. The first-order valence-corrected chi connectivity index (χ1v) is 10.5. The molecule has 0 fully saturated rings. The average molecular weight is 386 g/mol. The van der Waals surface area contributed by atoms with Crippen LogP contribution in [0.25, 0.3) is 12.2 Å². The fraction of sp³-hybridized carbons (Fsp3) is 0.385. The number of hydrogen-bond acceptors (Lipinski definition) is 2. The predicted octanol–water partition coefficient (Wildman–Crippen LogP) is 6.15. The summed E-state index contributed by atoms with van der Waals surface area (Å²) in [5, 5.41) is 8.18. The Morgan fingerprint density at radius 1 is 0.931 bits per heavy atom. The van der Waals surface area contributed by atoms with E-state index in [0.717, 1.165) is 6.54 Å². The molecule has 2 aromatic carbocycles. The Bertz CT molecular complexity index is 1020. The molecule has 0 radical (unpaired) electrons. The van der Waals surface area contributed by atoms with Crippen molar-refractivity contribution in [2.75, 3.05) is 0 Å². The lowest BCUT2D eigenvalue weighted by Crippen LogP contribution is -2.34. The third-order valence-electron chi connectivity index (χ3n) is 6.45. The second kappa shape index (κ2) is 7.29. The van der Waals surface area contributed by atoms with Gasteiger partial charge in [-0.25, -0.2) is 4.68 Å². The fourth-order valence-electron chi connectivity index (χ4n) is 4.32. The number of benzene rings is 2. The first-order chi connectivity index (χ1) is 13.7. The molecular formula is C26H31N3. The van der Waals surface area contributed by atoms with Gasteiger partial charge in [-0.3, -0.25) is 0 Å². The van der Waals surface area contributed by atoms with Crippen LogP contribution in [0.15, 0.2) is 48.8 Å². The molecule has 29 heavy (non-hydrogen) atoms. The number of fused-ring (bicyclic) bond motifs is 1. The van der Waals surface area contributed by atoms with Crippen LogP contribution in [0.5, 0.6) is 0 Å². The molecule has 4 rings (SSSR count). The van der Waals surface area contributed by atoms with Crippen molar-refractivity contribution in [2.45, 2.75) is 64.8 Å². The van der Waals surface area contributed by atoms with Gasteiger partial charge in [0.05, 0.1) is 12.7 Å². The van der Waals surface area contributed by atoms with Crippen molar-refractivity contribution >= 4 is 12.2 Å². The highest BCUT2D eigenvalue weighted by atomic mass is 15.4. The highest BCUT2D eigenvalue weighted by Gasteiger charge is 2.37. The zero-order valence-corrected chi connectivity index (χ0v) is 18.2. The van der Waals surface area contributed by atoms with Gasteiger partial charge in [0.2, 0.25) is 0 Å². The molecule has 3 aromatic rings. The summed E-state index contributed by atoms with van der Waals surface area (Å²) in [5.41, 5.74) is 8.43. The van der Waals surface area contributed by atoms with Gasteiger partial charge in [0.15, 0.2) is 0 Å². The smallest absolute Gasteiger partial charge is 0.0693 e. The van der Waals surface area contributed by atoms with Gasteiger partial charge in [-0.05, 0) is 58.4 Å². The second-order valence-corrected chi connectivity index (χ2v) is 9.71. The van der Waals surface area contributed by atoms with Crippen LogP contribution < -0.4 is 0 Å². The van der Waals surface area contributed by atoms with Gasteiger partial charge in [-0.2, -0.15) is 0 Å². The minimum absolute atomic E-state index is 0.196. The summed E-state index contributed by atoms with van der Waals surface area (Å²) >= 11 is 0. The van der Waals surface area contributed by atoms with E-state index in [2.05, 4.69) is 93.5 Å². The van der Waals surface area contributed by atoms with Gasteiger partial charge >= 0.3 is 0 Å². The van der Waals surface area contributed by atoms with E-state index in [-0.39, 0.29) is 10.8 Å². The second-order valence-electron chi connectivity index (χ2n) is 9.71. The van der Waals surface area contributed by atoms with E-state index in [1.807, 2.05) is 10.9 Å². The van der Waals surface area contributed by atoms with Crippen LogP contribution in [0.4, 0.5) is 0 Å². The summed E-state index contributed by atoms with van der Waals surface area (Å²) < 4.78 is 1.91. The van der Waals surface area contributed by atoms with E-state index in [9.17, 15) is 0 Å². The molecule has 0 amide bonds. The Kier molecular flexibility index (Phi) is 4.94. The fourth-order valence-corrected chi connectivity index (χ4v) is 4.32. The number of hydrogen-bond donors (Lipinski definition) is 0. The highest BCUT2D eigenvalue weighted by Crippen LogP contribution is 2.46. The molecule has 1 heterocycles. The van der Waals surface area contributed by atoms with Gasteiger partial charge < -0.3 is 0 Å². The first kappa shape index (κ1) is 19.6. The number of aromatic nitrogens is 3. The molecular weight excluding hydrogens is 354 g/mol. The Morgan fingerprint density at radius 2 is 1.59 bits per heavy atom. The summed E-state index contributed by atoms with van der Waals surface area (Å²) in [7, 11) is 0. The molecule has 0 atom stereocenters. The van der Waals surface area contributed by atoms with Gasteiger partial charge in [0, 0.05) is 6.20 Å². The van der Waals surface area contributed by atoms with Gasteiger partial charge in [0.1, 0.15) is 0 Å². The van der Waals surface area contributed by atoms with E-state index < -0.39 is 0 Å². The molecule has 0 aliphatic heterocycles. The van der Waals surface area contributed by atoms with E-state index >= 15 is 0 Å². The Labute approximate surface area is 174 Å². The number of aryl methyl sites for hydroxylation is 1. The Morgan fingerprint density at radius 3 is 2.21 bits per heavy atom. The lowest BCUT2D eigenvalue weighted by molar-refractivity contribution is 0.331. The summed E-state index contributed by atoms with van der Waals surface area (Å²) in [6, 6.07) is 13.5. The molecule has 150 valence electrons. The SMILES string of the molecule is Cc1ccc(/C=C/c2cc3c(cc2Cn2ccnn2)C(C)(C)CCC3(C)C)cc1. The summed E-state index contributed by atoms with van der Waals surface area (Å²) in [4.78, 5) is 0. The Balaban J connectivity index is 1.82. The first-order valence-electron chi connectivity index (χ1n) is 10.5. The summed E-state index contributed by atoms with van der Waals surface area (Å²) in [6.07, 6.45) is 10.6. The van der Waals surface area contributed by atoms with Crippen molar-refractivity contribution in [2.24, 2.45) is 0 Å². The van der Waals surface area contributed by atoms with Gasteiger partial charge in [0.25, 0.3) is 0 Å². The lowest BCUT2D eigenvalue weighted by Gasteiger charge is -2.42. The monoisotopic (exact) mass is 385 g/mol.